The third-order valence-electron chi connectivity index (χ3n) is 5.37. The highest BCUT2D eigenvalue weighted by Gasteiger charge is 2.09. The van der Waals surface area contributed by atoms with Gasteiger partial charge in [0.15, 0.2) is 0 Å². The summed E-state index contributed by atoms with van der Waals surface area (Å²) in [6, 6.07) is 22.2. The average molecular weight is 489 g/mol. The molecule has 6 heteroatoms. The summed E-state index contributed by atoms with van der Waals surface area (Å²) in [6.07, 6.45) is 4.84. The number of carbonyl (C=O) groups is 2. The lowest BCUT2D eigenvalue weighted by molar-refractivity contribution is -0.137. The number of ether oxygens (including phenoxy) is 4. The Morgan fingerprint density at radius 3 is 1.83 bits per heavy atom. The molecule has 0 N–H and O–H groups in total. The summed E-state index contributed by atoms with van der Waals surface area (Å²) >= 11 is 0. The van der Waals surface area contributed by atoms with Crippen LogP contribution in [0.2, 0.25) is 0 Å². The van der Waals surface area contributed by atoms with Gasteiger partial charge in [-0.1, -0.05) is 30.8 Å². The molecule has 0 bridgehead atoms. The monoisotopic (exact) mass is 488 g/mol. The van der Waals surface area contributed by atoms with E-state index in [4.69, 9.17) is 18.9 Å². The number of unbranched alkanes of at least 4 members (excludes halogenated alkanes) is 3. The van der Waals surface area contributed by atoms with Crippen LogP contribution in [0.25, 0.3) is 11.1 Å². The van der Waals surface area contributed by atoms with E-state index in [1.165, 1.54) is 6.08 Å². The zero-order valence-electron chi connectivity index (χ0n) is 20.6. The summed E-state index contributed by atoms with van der Waals surface area (Å²) in [5.74, 6) is 1.20. The van der Waals surface area contributed by atoms with Crippen LogP contribution in [0.1, 0.15) is 43.0 Å². The molecular weight excluding hydrogens is 456 g/mol. The fourth-order valence-electron chi connectivity index (χ4n) is 3.46. The van der Waals surface area contributed by atoms with E-state index in [0.29, 0.717) is 31.1 Å². The van der Waals surface area contributed by atoms with Crippen LogP contribution in [0.4, 0.5) is 0 Å². The van der Waals surface area contributed by atoms with Crippen molar-refractivity contribution < 1.29 is 28.5 Å². The van der Waals surface area contributed by atoms with Gasteiger partial charge < -0.3 is 18.9 Å². The van der Waals surface area contributed by atoms with Gasteiger partial charge in [0, 0.05) is 6.08 Å². The molecule has 3 aromatic rings. The average Bonchev–Trinajstić information content (AvgIpc) is 2.91. The minimum atomic E-state index is -0.416. The summed E-state index contributed by atoms with van der Waals surface area (Å²) in [5.41, 5.74) is 2.53. The maximum atomic E-state index is 12.5. The van der Waals surface area contributed by atoms with E-state index in [9.17, 15) is 9.59 Å². The molecule has 0 spiro atoms. The van der Waals surface area contributed by atoms with Gasteiger partial charge in [-0.25, -0.2) is 9.59 Å². The second-order valence-electron chi connectivity index (χ2n) is 8.03. The normalized spacial score (nSPS) is 10.4. The summed E-state index contributed by atoms with van der Waals surface area (Å²) < 4.78 is 21.7. The molecule has 0 heterocycles. The number of esters is 2. The summed E-state index contributed by atoms with van der Waals surface area (Å²) in [7, 11) is 0. The van der Waals surface area contributed by atoms with Gasteiger partial charge in [-0.3, -0.25) is 0 Å². The molecule has 0 saturated carbocycles. The molecule has 188 valence electrons. The first-order valence-corrected chi connectivity index (χ1v) is 12.2. The predicted octanol–water partition coefficient (Wildman–Crippen LogP) is 6.64. The van der Waals surface area contributed by atoms with Crippen LogP contribution in [0.3, 0.4) is 0 Å². The van der Waals surface area contributed by atoms with E-state index in [2.05, 4.69) is 6.58 Å². The molecule has 0 amide bonds. The quantitative estimate of drug-likeness (QED) is 0.110. The van der Waals surface area contributed by atoms with Gasteiger partial charge in [0.1, 0.15) is 17.2 Å². The Kier molecular flexibility index (Phi) is 10.6. The Morgan fingerprint density at radius 1 is 0.694 bits per heavy atom. The number of rotatable bonds is 14. The van der Waals surface area contributed by atoms with Crippen LogP contribution in [0.15, 0.2) is 85.5 Å². The number of hydrogen-bond donors (Lipinski definition) is 0. The first kappa shape index (κ1) is 26.5. The van der Waals surface area contributed by atoms with Crippen LogP contribution >= 0.6 is 0 Å². The lowest BCUT2D eigenvalue weighted by Crippen LogP contribution is -2.08. The van der Waals surface area contributed by atoms with Gasteiger partial charge in [0.2, 0.25) is 0 Å². The van der Waals surface area contributed by atoms with Crippen molar-refractivity contribution in [2.45, 2.75) is 32.6 Å². The van der Waals surface area contributed by atoms with Gasteiger partial charge >= 0.3 is 11.9 Å². The second kappa shape index (κ2) is 14.4. The van der Waals surface area contributed by atoms with Crippen molar-refractivity contribution in [3.8, 4) is 28.4 Å². The van der Waals surface area contributed by atoms with Crippen molar-refractivity contribution in [2.24, 2.45) is 0 Å². The molecule has 36 heavy (non-hydrogen) atoms. The highest BCUT2D eigenvalue weighted by molar-refractivity contribution is 5.91. The summed E-state index contributed by atoms with van der Waals surface area (Å²) in [6.45, 7) is 6.95. The zero-order chi connectivity index (χ0) is 25.6. The predicted molar refractivity (Wildman–Crippen MR) is 140 cm³/mol. The lowest BCUT2D eigenvalue weighted by Gasteiger charge is -2.09. The van der Waals surface area contributed by atoms with Crippen LogP contribution in [-0.4, -0.2) is 31.8 Å². The van der Waals surface area contributed by atoms with Gasteiger partial charge in [0.25, 0.3) is 0 Å². The maximum absolute atomic E-state index is 12.5. The Hall–Kier alpha value is -4.06. The molecule has 6 nitrogen and oxygen atoms in total. The minimum Gasteiger partial charge on any atom is -0.494 e. The summed E-state index contributed by atoms with van der Waals surface area (Å²) in [5, 5.41) is 0. The smallest absolute Gasteiger partial charge is 0.343 e. The van der Waals surface area contributed by atoms with Crippen molar-refractivity contribution in [2.75, 3.05) is 19.8 Å². The third kappa shape index (κ3) is 8.62. The Balaban J connectivity index is 1.39. The van der Waals surface area contributed by atoms with Crippen molar-refractivity contribution in [1.82, 2.24) is 0 Å². The van der Waals surface area contributed by atoms with E-state index in [0.717, 1.165) is 48.3 Å². The highest BCUT2D eigenvalue weighted by atomic mass is 16.5. The zero-order valence-corrected chi connectivity index (χ0v) is 20.6. The lowest BCUT2D eigenvalue weighted by atomic mass is 10.0. The van der Waals surface area contributed by atoms with Crippen LogP contribution in [0.5, 0.6) is 17.2 Å². The molecule has 0 fully saturated rings. The topological polar surface area (TPSA) is 71.1 Å². The minimum absolute atomic E-state index is 0.384. The van der Waals surface area contributed by atoms with E-state index in [1.807, 2.05) is 43.3 Å². The standard InChI is InChI=1S/C30H32O6/c1-3-29(31)35-22-8-6-5-7-21-34-27-17-19-28(20-18-27)36-30(32)25-11-9-23(10-12-25)24-13-15-26(16-14-24)33-4-2/h3,9-20H,1,4-8,21-22H2,2H3. The van der Waals surface area contributed by atoms with Crippen LogP contribution < -0.4 is 14.2 Å². The first-order valence-electron chi connectivity index (χ1n) is 12.2. The van der Waals surface area contributed by atoms with Crippen molar-refractivity contribution in [3.05, 3.63) is 91.0 Å². The number of carbonyl (C=O) groups excluding carboxylic acids is 2. The fraction of sp³-hybridized carbons (Fsp3) is 0.267. The van der Waals surface area contributed by atoms with Gasteiger partial charge in [-0.2, -0.15) is 0 Å². The van der Waals surface area contributed by atoms with E-state index in [1.54, 1.807) is 36.4 Å². The van der Waals surface area contributed by atoms with Gasteiger partial charge in [-0.05, 0) is 92.3 Å². The molecule has 0 saturated heterocycles. The molecule has 0 aliphatic rings. The third-order valence-corrected chi connectivity index (χ3v) is 5.37. The van der Waals surface area contributed by atoms with E-state index < -0.39 is 5.97 Å². The molecule has 0 aromatic heterocycles. The van der Waals surface area contributed by atoms with Crippen LogP contribution in [-0.2, 0) is 9.53 Å². The van der Waals surface area contributed by atoms with E-state index >= 15 is 0 Å². The molecule has 0 atom stereocenters. The highest BCUT2D eigenvalue weighted by Crippen LogP contribution is 2.24. The number of benzene rings is 3. The molecule has 0 aliphatic heterocycles. The first-order chi connectivity index (χ1) is 17.6. The van der Waals surface area contributed by atoms with Crippen molar-refractivity contribution in [3.63, 3.8) is 0 Å². The van der Waals surface area contributed by atoms with Crippen molar-refractivity contribution in [1.29, 1.82) is 0 Å². The van der Waals surface area contributed by atoms with Gasteiger partial charge in [-0.15, -0.1) is 0 Å². The van der Waals surface area contributed by atoms with Gasteiger partial charge in [0.05, 0.1) is 25.4 Å². The van der Waals surface area contributed by atoms with Crippen LogP contribution in [0, 0.1) is 0 Å². The van der Waals surface area contributed by atoms with Crippen molar-refractivity contribution >= 4 is 11.9 Å². The van der Waals surface area contributed by atoms with E-state index in [-0.39, 0.29) is 5.97 Å². The molecular formula is C30H32O6. The Morgan fingerprint density at radius 2 is 1.22 bits per heavy atom. The largest absolute Gasteiger partial charge is 0.494 e. The Bertz CT molecular complexity index is 1100. The molecule has 3 aromatic carbocycles. The molecule has 0 radical (unpaired) electrons. The Labute approximate surface area is 212 Å². The summed E-state index contributed by atoms with van der Waals surface area (Å²) in [4.78, 5) is 23.5. The SMILES string of the molecule is C=CC(=O)OCCCCCCOc1ccc(OC(=O)c2ccc(-c3ccc(OCC)cc3)cc2)cc1. The fourth-order valence-corrected chi connectivity index (χ4v) is 3.46. The molecule has 3 rings (SSSR count). The molecule has 0 aliphatic carbocycles. The molecule has 0 unspecified atom stereocenters. The number of hydrogen-bond acceptors (Lipinski definition) is 6. The second-order valence-corrected chi connectivity index (χ2v) is 8.03. The maximum Gasteiger partial charge on any atom is 0.343 e.